The smallest absolute Gasteiger partial charge is 0.269 e. The molecule has 0 radical (unpaired) electrons. The predicted octanol–water partition coefficient (Wildman–Crippen LogP) is 4.39. The molecule has 0 unspecified atom stereocenters. The van der Waals surface area contributed by atoms with Gasteiger partial charge in [0.2, 0.25) is 23.6 Å². The zero-order valence-electron chi connectivity index (χ0n) is 23.7. The van der Waals surface area contributed by atoms with Crippen LogP contribution in [0.2, 0.25) is 0 Å². The number of imide groups is 2. The average Bonchev–Trinajstić information content (AvgIpc) is 3.45. The van der Waals surface area contributed by atoms with Gasteiger partial charge in [-0.25, -0.2) is 4.39 Å². The van der Waals surface area contributed by atoms with Gasteiger partial charge >= 0.3 is 0 Å². The number of fused-ring (bicyclic) bond motifs is 4. The Morgan fingerprint density at radius 1 is 0.696 bits per heavy atom. The number of anilines is 2. The second-order valence-corrected chi connectivity index (χ2v) is 11.8. The number of rotatable bonds is 5. The van der Waals surface area contributed by atoms with Crippen molar-refractivity contribution in [2.24, 2.45) is 29.6 Å². The Labute approximate surface area is 258 Å². The Morgan fingerprint density at radius 3 is 1.74 bits per heavy atom. The molecule has 1 saturated carbocycles. The second-order valence-electron chi connectivity index (χ2n) is 11.8. The van der Waals surface area contributed by atoms with Gasteiger partial charge in [-0.15, -0.1) is 0 Å². The molecule has 2 aliphatic heterocycles. The van der Waals surface area contributed by atoms with Gasteiger partial charge in [-0.3, -0.25) is 49.2 Å². The van der Waals surface area contributed by atoms with Crippen molar-refractivity contribution in [3.8, 4) is 5.75 Å². The molecule has 2 aliphatic carbocycles. The van der Waals surface area contributed by atoms with E-state index in [0.29, 0.717) is 11.1 Å². The van der Waals surface area contributed by atoms with E-state index in [1.54, 1.807) is 6.08 Å². The van der Waals surface area contributed by atoms with Crippen LogP contribution in [-0.4, -0.2) is 38.6 Å². The lowest BCUT2D eigenvalue weighted by atomic mass is 9.57. The summed E-state index contributed by atoms with van der Waals surface area (Å²) >= 11 is 0. The van der Waals surface area contributed by atoms with Crippen molar-refractivity contribution in [3.63, 3.8) is 0 Å². The predicted molar refractivity (Wildman–Crippen MR) is 157 cm³/mol. The molecule has 1 N–H and O–H groups in total. The maximum atomic E-state index is 14.7. The van der Waals surface area contributed by atoms with Gasteiger partial charge in [0.25, 0.3) is 11.4 Å². The number of hydrogen-bond donors (Lipinski definition) is 1. The zero-order valence-corrected chi connectivity index (χ0v) is 23.7. The average molecular weight is 627 g/mol. The number of nitro groups is 2. The van der Waals surface area contributed by atoms with Gasteiger partial charge < -0.3 is 5.11 Å². The van der Waals surface area contributed by atoms with Crippen LogP contribution in [-0.2, 0) is 19.2 Å². The van der Waals surface area contributed by atoms with Crippen molar-refractivity contribution in [2.45, 2.75) is 18.8 Å². The van der Waals surface area contributed by atoms with Crippen molar-refractivity contribution in [1.29, 1.82) is 0 Å². The van der Waals surface area contributed by atoms with E-state index in [2.05, 4.69) is 0 Å². The largest absolute Gasteiger partial charge is 0.505 e. The normalized spacial score (nSPS) is 26.8. The van der Waals surface area contributed by atoms with Gasteiger partial charge in [-0.2, -0.15) is 0 Å². The Morgan fingerprint density at radius 2 is 1.22 bits per heavy atom. The molecule has 3 fully saturated rings. The van der Waals surface area contributed by atoms with Crippen molar-refractivity contribution < 1.29 is 38.5 Å². The summed E-state index contributed by atoms with van der Waals surface area (Å²) in [6, 6.07) is 13.6. The summed E-state index contributed by atoms with van der Waals surface area (Å²) in [7, 11) is 0. The molecule has 0 bridgehead atoms. The number of hydrogen-bond acceptors (Lipinski definition) is 9. The first-order valence-electron chi connectivity index (χ1n) is 14.4. The minimum atomic E-state index is -1.01. The third-order valence-electron chi connectivity index (χ3n) is 9.62. The minimum absolute atomic E-state index is 0.0376. The van der Waals surface area contributed by atoms with Crippen LogP contribution in [0.15, 0.2) is 78.4 Å². The number of allylic oxidation sites excluding steroid dienone is 2. The molecular formula is C32H23FN4O9. The molecule has 3 aromatic carbocycles. The van der Waals surface area contributed by atoms with E-state index >= 15 is 0 Å². The lowest BCUT2D eigenvalue weighted by Gasteiger charge is -2.44. The number of benzene rings is 3. The lowest BCUT2D eigenvalue weighted by molar-refractivity contribution is -0.385. The van der Waals surface area contributed by atoms with Crippen LogP contribution in [0.4, 0.5) is 27.1 Å². The summed E-state index contributed by atoms with van der Waals surface area (Å²) in [4.78, 5) is 78.7. The van der Waals surface area contributed by atoms with Crippen molar-refractivity contribution in [2.75, 3.05) is 9.80 Å². The van der Waals surface area contributed by atoms with E-state index in [4.69, 9.17) is 0 Å². The fourth-order valence-corrected chi connectivity index (χ4v) is 7.64. The highest BCUT2D eigenvalue weighted by Crippen LogP contribution is 2.58. The Bertz CT molecular complexity index is 1910. The van der Waals surface area contributed by atoms with Crippen LogP contribution in [0, 0.1) is 55.6 Å². The summed E-state index contributed by atoms with van der Waals surface area (Å²) in [5.41, 5.74) is 0.743. The molecule has 232 valence electrons. The summed E-state index contributed by atoms with van der Waals surface area (Å²) in [5, 5.41) is 32.2. The maximum Gasteiger partial charge on any atom is 0.269 e. The minimum Gasteiger partial charge on any atom is -0.505 e. The molecule has 0 spiro atoms. The summed E-state index contributed by atoms with van der Waals surface area (Å²) in [6.07, 6.45) is 1.94. The molecule has 13 nitrogen and oxygen atoms in total. The van der Waals surface area contributed by atoms with Crippen LogP contribution in [0.5, 0.6) is 5.75 Å². The van der Waals surface area contributed by atoms with Crippen molar-refractivity contribution in [1.82, 2.24) is 0 Å². The number of halogens is 1. The molecule has 2 saturated heterocycles. The standard InChI is InChI=1S/C32H23FN4O9/c33-24-13-15(1-12-25(24)38)26-20-10-11-21-27(31(41)34(29(21)39)16-2-6-18(7-3-16)36(43)44)22(20)14-23-28(26)32(42)35(30(23)40)17-4-8-19(9-5-17)37(45)46/h1-10,12-13,21-23,26-28,38H,11,14H2/t21-,22+,23+,26-,27-,28+/m0/s1. The third-order valence-corrected chi connectivity index (χ3v) is 9.62. The van der Waals surface area contributed by atoms with E-state index in [1.165, 1.54) is 54.6 Å². The number of non-ortho nitro benzene ring substituents is 2. The van der Waals surface area contributed by atoms with Crippen molar-refractivity contribution >= 4 is 46.4 Å². The fourth-order valence-electron chi connectivity index (χ4n) is 7.64. The topological polar surface area (TPSA) is 181 Å². The number of carbonyl (C=O) groups is 4. The van der Waals surface area contributed by atoms with E-state index in [0.717, 1.165) is 21.9 Å². The number of nitro benzene ring substituents is 2. The SMILES string of the molecule is O=C1[C@H]2[C@H](CC=C3[C@H]2C[C@H]2C(=O)N(c4ccc([N+](=O)[O-])cc4)C(=O)[C@H]2[C@H]3c2ccc(O)c(F)c2)C(=O)N1c1ccc([N+](=O)[O-])cc1. The van der Waals surface area contributed by atoms with Crippen LogP contribution in [0.1, 0.15) is 24.3 Å². The molecule has 46 heavy (non-hydrogen) atoms. The highest BCUT2D eigenvalue weighted by Gasteiger charge is 2.62. The molecule has 4 aliphatic rings. The lowest BCUT2D eigenvalue weighted by Crippen LogP contribution is -2.43. The van der Waals surface area contributed by atoms with Gasteiger partial charge in [0.15, 0.2) is 11.6 Å². The molecule has 0 aromatic heterocycles. The van der Waals surface area contributed by atoms with E-state index in [1.807, 2.05) is 0 Å². The van der Waals surface area contributed by atoms with Gasteiger partial charge in [0.05, 0.1) is 44.9 Å². The second kappa shape index (κ2) is 10.4. The zero-order chi connectivity index (χ0) is 32.6. The number of aromatic hydroxyl groups is 1. The molecule has 4 amide bonds. The van der Waals surface area contributed by atoms with Crippen molar-refractivity contribution in [3.05, 3.63) is 110 Å². The van der Waals surface area contributed by atoms with Crippen LogP contribution < -0.4 is 9.80 Å². The van der Waals surface area contributed by atoms with Gasteiger partial charge in [-0.05, 0) is 60.7 Å². The quantitative estimate of drug-likeness (QED) is 0.186. The van der Waals surface area contributed by atoms with E-state index in [-0.39, 0.29) is 35.6 Å². The molecule has 7 rings (SSSR count). The molecular weight excluding hydrogens is 603 g/mol. The van der Waals surface area contributed by atoms with Crippen LogP contribution in [0.3, 0.4) is 0 Å². The first-order chi connectivity index (χ1) is 22.0. The van der Waals surface area contributed by atoms with Gasteiger partial charge in [0, 0.05) is 30.2 Å². The maximum absolute atomic E-state index is 14.7. The Hall–Kier alpha value is -5.79. The highest BCUT2D eigenvalue weighted by molar-refractivity contribution is 6.24. The van der Waals surface area contributed by atoms with Crippen LogP contribution >= 0.6 is 0 Å². The number of amides is 4. The van der Waals surface area contributed by atoms with Gasteiger partial charge in [-0.1, -0.05) is 17.7 Å². The summed E-state index contributed by atoms with van der Waals surface area (Å²) < 4.78 is 14.7. The number of phenols is 1. The third kappa shape index (κ3) is 4.20. The summed E-state index contributed by atoms with van der Waals surface area (Å²) in [6.45, 7) is 0. The van der Waals surface area contributed by atoms with E-state index in [9.17, 15) is 48.9 Å². The first kappa shape index (κ1) is 29.0. The number of nitrogens with zero attached hydrogens (tertiary/aromatic N) is 4. The van der Waals surface area contributed by atoms with E-state index < -0.39 is 80.5 Å². The molecule has 3 aromatic rings. The number of phenolic OH excluding ortho intramolecular Hbond substituents is 1. The Balaban J connectivity index is 1.30. The summed E-state index contributed by atoms with van der Waals surface area (Å²) in [5.74, 6) is -9.01. The van der Waals surface area contributed by atoms with Crippen LogP contribution in [0.25, 0.3) is 0 Å². The highest BCUT2D eigenvalue weighted by atomic mass is 19.1. The first-order valence-corrected chi connectivity index (χ1v) is 14.4. The monoisotopic (exact) mass is 626 g/mol. The Kier molecular flexibility index (Phi) is 6.54. The van der Waals surface area contributed by atoms with Gasteiger partial charge in [0.1, 0.15) is 0 Å². The number of carbonyl (C=O) groups excluding carboxylic acids is 4. The fraction of sp³-hybridized carbons (Fsp3) is 0.250. The molecule has 14 heteroatoms. The molecule has 6 atom stereocenters. The molecule has 2 heterocycles.